The molecular weight excluding hydrogens is 270 g/mol. The molecule has 3 rings (SSSR count). The van der Waals surface area contributed by atoms with E-state index in [1.165, 1.54) is 0 Å². The summed E-state index contributed by atoms with van der Waals surface area (Å²) in [6.07, 6.45) is 2.85. The molecule has 1 atom stereocenters. The summed E-state index contributed by atoms with van der Waals surface area (Å²) >= 11 is 0. The first-order valence-corrected chi connectivity index (χ1v) is 7.65. The first-order valence-electron chi connectivity index (χ1n) is 7.65. The lowest BCUT2D eigenvalue weighted by molar-refractivity contribution is 0.0514. The van der Waals surface area contributed by atoms with Gasteiger partial charge >= 0.3 is 5.97 Å². The molecule has 1 unspecified atom stereocenters. The van der Waals surface area contributed by atoms with Crippen molar-refractivity contribution in [3.8, 4) is 0 Å². The zero-order chi connectivity index (χ0) is 14.7. The van der Waals surface area contributed by atoms with Crippen LogP contribution in [0.2, 0.25) is 0 Å². The molecule has 21 heavy (non-hydrogen) atoms. The number of nitrogens with zero attached hydrogens (tertiary/aromatic N) is 2. The second kappa shape index (κ2) is 6.49. The van der Waals surface area contributed by atoms with Crippen LogP contribution < -0.4 is 5.32 Å². The summed E-state index contributed by atoms with van der Waals surface area (Å²) < 4.78 is 10.7. The largest absolute Gasteiger partial charge is 0.461 e. The molecule has 1 saturated heterocycles. The van der Waals surface area contributed by atoms with Gasteiger partial charge in [-0.3, -0.25) is 0 Å². The monoisotopic (exact) mass is 291 g/mol. The Morgan fingerprint density at radius 3 is 3.14 bits per heavy atom. The number of hydrogen-bond donors (Lipinski definition) is 1. The molecule has 0 aliphatic carbocycles. The van der Waals surface area contributed by atoms with Gasteiger partial charge in [-0.25, -0.2) is 14.8 Å². The second-order valence-corrected chi connectivity index (χ2v) is 5.42. The lowest BCUT2D eigenvalue weighted by atomic mass is 9.99. The summed E-state index contributed by atoms with van der Waals surface area (Å²) in [6.45, 7) is 5.11. The van der Waals surface area contributed by atoms with E-state index in [-0.39, 0.29) is 11.9 Å². The summed E-state index contributed by atoms with van der Waals surface area (Å²) in [5, 5.41) is 3.26. The van der Waals surface area contributed by atoms with E-state index in [1.54, 1.807) is 6.92 Å². The van der Waals surface area contributed by atoms with Gasteiger partial charge in [0.2, 0.25) is 0 Å². The molecule has 1 aromatic heterocycles. The first kappa shape index (κ1) is 14.4. The van der Waals surface area contributed by atoms with Crippen LogP contribution in [0.15, 0.2) is 0 Å². The molecule has 0 radical (unpaired) electrons. The average molecular weight is 291 g/mol. The zero-order valence-corrected chi connectivity index (χ0v) is 12.4. The molecule has 0 aromatic carbocycles. The number of rotatable bonds is 3. The van der Waals surface area contributed by atoms with Crippen molar-refractivity contribution < 1.29 is 14.3 Å². The number of ether oxygens (including phenoxy) is 2. The van der Waals surface area contributed by atoms with Crippen LogP contribution in [0.5, 0.6) is 0 Å². The molecule has 6 heteroatoms. The van der Waals surface area contributed by atoms with Gasteiger partial charge in [0.25, 0.3) is 0 Å². The highest BCUT2D eigenvalue weighted by Crippen LogP contribution is 2.25. The Kier molecular flexibility index (Phi) is 4.45. The number of esters is 1. The maximum absolute atomic E-state index is 12.2. The van der Waals surface area contributed by atoms with Crippen LogP contribution in [-0.2, 0) is 22.4 Å². The van der Waals surface area contributed by atoms with Gasteiger partial charge in [-0.1, -0.05) is 0 Å². The van der Waals surface area contributed by atoms with Crippen LogP contribution in [0.1, 0.15) is 53.3 Å². The van der Waals surface area contributed by atoms with Crippen molar-refractivity contribution in [1.82, 2.24) is 15.3 Å². The highest BCUT2D eigenvalue weighted by atomic mass is 16.5. The molecule has 1 N–H and O–H groups in total. The number of carbonyl (C=O) groups is 1. The predicted octanol–water partition coefficient (Wildman–Crippen LogP) is 1.19. The molecule has 2 aliphatic rings. The van der Waals surface area contributed by atoms with Crippen molar-refractivity contribution in [3.63, 3.8) is 0 Å². The van der Waals surface area contributed by atoms with Crippen LogP contribution in [-0.4, -0.2) is 42.3 Å². The number of carbonyl (C=O) groups excluding carboxylic acids is 1. The molecule has 3 heterocycles. The van der Waals surface area contributed by atoms with E-state index >= 15 is 0 Å². The van der Waals surface area contributed by atoms with E-state index < -0.39 is 0 Å². The molecule has 0 amide bonds. The highest BCUT2D eigenvalue weighted by molar-refractivity contribution is 5.89. The lowest BCUT2D eigenvalue weighted by Gasteiger charge is -2.24. The summed E-state index contributed by atoms with van der Waals surface area (Å²) in [4.78, 5) is 21.4. The summed E-state index contributed by atoms with van der Waals surface area (Å²) in [5.41, 5.74) is 2.29. The van der Waals surface area contributed by atoms with Crippen LogP contribution >= 0.6 is 0 Å². The Morgan fingerprint density at radius 1 is 1.48 bits per heavy atom. The van der Waals surface area contributed by atoms with Gasteiger partial charge in [-0.2, -0.15) is 0 Å². The van der Waals surface area contributed by atoms with Crippen LogP contribution in [0, 0.1) is 0 Å². The van der Waals surface area contributed by atoms with Gasteiger partial charge in [0.05, 0.1) is 18.9 Å². The van der Waals surface area contributed by atoms with Crippen molar-refractivity contribution in [3.05, 3.63) is 22.8 Å². The predicted molar refractivity (Wildman–Crippen MR) is 76.2 cm³/mol. The van der Waals surface area contributed by atoms with Crippen LogP contribution in [0.4, 0.5) is 0 Å². The Balaban J connectivity index is 1.97. The maximum atomic E-state index is 12.2. The topological polar surface area (TPSA) is 73.3 Å². The quantitative estimate of drug-likeness (QED) is 0.843. The smallest absolute Gasteiger partial charge is 0.357 e. The van der Waals surface area contributed by atoms with Gasteiger partial charge in [0.1, 0.15) is 5.82 Å². The normalized spacial score (nSPS) is 21.7. The molecule has 114 valence electrons. The first-order chi connectivity index (χ1) is 10.3. The summed E-state index contributed by atoms with van der Waals surface area (Å²) in [5.74, 6) is 0.573. The van der Waals surface area contributed by atoms with Gasteiger partial charge < -0.3 is 14.8 Å². The highest BCUT2D eigenvalue weighted by Gasteiger charge is 2.26. The molecule has 0 saturated carbocycles. The van der Waals surface area contributed by atoms with E-state index in [9.17, 15) is 4.79 Å². The van der Waals surface area contributed by atoms with Crippen molar-refractivity contribution >= 4 is 5.97 Å². The van der Waals surface area contributed by atoms with Gasteiger partial charge in [0.15, 0.2) is 5.69 Å². The van der Waals surface area contributed by atoms with E-state index in [4.69, 9.17) is 14.5 Å². The van der Waals surface area contributed by atoms with Gasteiger partial charge in [-0.15, -0.1) is 0 Å². The molecule has 1 aromatic rings. The van der Waals surface area contributed by atoms with E-state index in [0.717, 1.165) is 49.5 Å². The minimum atomic E-state index is -0.349. The number of hydrogen-bond acceptors (Lipinski definition) is 6. The number of nitrogens with one attached hydrogen (secondary N) is 1. The Labute approximate surface area is 124 Å². The van der Waals surface area contributed by atoms with Crippen molar-refractivity contribution in [2.45, 2.75) is 38.6 Å². The molecule has 0 bridgehead atoms. The number of aromatic nitrogens is 2. The summed E-state index contributed by atoms with van der Waals surface area (Å²) in [6, 6.07) is 0. The number of fused-ring (bicyclic) bond motifs is 1. The fourth-order valence-corrected chi connectivity index (χ4v) is 2.86. The third-order valence-electron chi connectivity index (χ3n) is 3.94. The molecule has 6 nitrogen and oxygen atoms in total. The Hall–Kier alpha value is -1.53. The molecular formula is C15H21N3O3. The van der Waals surface area contributed by atoms with Crippen molar-refractivity contribution in [2.75, 3.05) is 26.4 Å². The molecule has 1 fully saturated rings. The maximum Gasteiger partial charge on any atom is 0.357 e. The van der Waals surface area contributed by atoms with E-state index in [1.807, 2.05) is 0 Å². The Bertz CT molecular complexity index is 527. The molecule has 0 spiro atoms. The lowest BCUT2D eigenvalue weighted by Crippen LogP contribution is -2.30. The second-order valence-electron chi connectivity index (χ2n) is 5.42. The van der Waals surface area contributed by atoms with Gasteiger partial charge in [-0.05, 0) is 19.8 Å². The standard InChI is InChI=1S/C15H21N3O3/c1-2-21-15(19)13-11-8-16-6-5-12(11)17-14(18-13)10-4-3-7-20-9-10/h10,16H,2-9H2,1H3. The third-order valence-corrected chi connectivity index (χ3v) is 3.94. The minimum Gasteiger partial charge on any atom is -0.461 e. The van der Waals surface area contributed by atoms with Crippen LogP contribution in [0.25, 0.3) is 0 Å². The van der Waals surface area contributed by atoms with E-state index in [0.29, 0.717) is 25.5 Å². The van der Waals surface area contributed by atoms with Crippen molar-refractivity contribution in [1.29, 1.82) is 0 Å². The fraction of sp³-hybridized carbons (Fsp3) is 0.667. The average Bonchev–Trinajstić information content (AvgIpc) is 2.55. The Morgan fingerprint density at radius 2 is 2.38 bits per heavy atom. The SMILES string of the molecule is CCOC(=O)c1nc(C2CCCOC2)nc2c1CNCC2. The molecule has 2 aliphatic heterocycles. The van der Waals surface area contributed by atoms with Crippen molar-refractivity contribution in [2.24, 2.45) is 0 Å². The van der Waals surface area contributed by atoms with Crippen LogP contribution in [0.3, 0.4) is 0 Å². The minimum absolute atomic E-state index is 0.187. The fourth-order valence-electron chi connectivity index (χ4n) is 2.86. The zero-order valence-electron chi connectivity index (χ0n) is 12.4. The third kappa shape index (κ3) is 3.06. The summed E-state index contributed by atoms with van der Waals surface area (Å²) in [7, 11) is 0. The van der Waals surface area contributed by atoms with E-state index in [2.05, 4.69) is 10.3 Å². The van der Waals surface area contributed by atoms with Gasteiger partial charge in [0, 0.05) is 37.6 Å².